The van der Waals surface area contributed by atoms with Crippen LogP contribution >= 0.6 is 0 Å². The van der Waals surface area contributed by atoms with Gasteiger partial charge in [-0.05, 0) is 65.3 Å². The molecule has 2 heterocycles. The summed E-state index contributed by atoms with van der Waals surface area (Å²) >= 11 is 0. The van der Waals surface area contributed by atoms with Crippen LogP contribution in [0.3, 0.4) is 0 Å². The van der Waals surface area contributed by atoms with E-state index in [1.54, 1.807) is 32.0 Å². The first kappa shape index (κ1) is 27.0. The molecule has 0 saturated heterocycles. The van der Waals surface area contributed by atoms with Gasteiger partial charge in [0.1, 0.15) is 35.4 Å². The Labute approximate surface area is 217 Å². The molecule has 2 aromatic heterocycles. The first-order chi connectivity index (χ1) is 17.8. The van der Waals surface area contributed by atoms with Crippen molar-refractivity contribution in [2.75, 3.05) is 0 Å². The van der Waals surface area contributed by atoms with Crippen molar-refractivity contribution >= 4 is 0 Å². The average Bonchev–Trinajstić information content (AvgIpc) is 2.85. The van der Waals surface area contributed by atoms with Crippen molar-refractivity contribution in [2.24, 2.45) is 0 Å². The lowest BCUT2D eigenvalue weighted by atomic mass is 10.0. The van der Waals surface area contributed by atoms with E-state index in [1.807, 2.05) is 0 Å². The van der Waals surface area contributed by atoms with Gasteiger partial charge in [0.15, 0.2) is 11.6 Å². The van der Waals surface area contributed by atoms with E-state index >= 15 is 0 Å². The molecule has 0 unspecified atom stereocenters. The molecule has 198 valence electrons. The van der Waals surface area contributed by atoms with E-state index in [4.69, 9.17) is 4.74 Å². The van der Waals surface area contributed by atoms with Gasteiger partial charge in [-0.1, -0.05) is 12.1 Å². The van der Waals surface area contributed by atoms with E-state index in [0.717, 1.165) is 17.8 Å². The third kappa shape index (κ3) is 5.04. The fourth-order valence-electron chi connectivity index (χ4n) is 3.95. The first-order valence-corrected chi connectivity index (χ1v) is 11.8. The van der Waals surface area contributed by atoms with Crippen molar-refractivity contribution in [3.05, 3.63) is 98.2 Å². The Bertz CT molecular complexity index is 1610. The summed E-state index contributed by atoms with van der Waals surface area (Å²) in [6.07, 6.45) is 0.996. The smallest absolute Gasteiger partial charge is 0.264 e. The van der Waals surface area contributed by atoms with E-state index in [-0.39, 0.29) is 46.5 Å². The Balaban J connectivity index is 1.75. The number of aromatic nitrogens is 4. The number of benzene rings is 2. The van der Waals surface area contributed by atoms with Crippen LogP contribution in [-0.4, -0.2) is 24.6 Å². The number of ether oxygens (including phenoxy) is 1. The van der Waals surface area contributed by atoms with Crippen LogP contribution in [0.1, 0.15) is 47.8 Å². The van der Waals surface area contributed by atoms with Crippen LogP contribution in [0, 0.1) is 45.1 Å². The molecule has 1 N–H and O–H groups in total. The number of halogens is 3. The van der Waals surface area contributed by atoms with E-state index < -0.39 is 28.6 Å². The molecular weight excluding hydrogens is 497 g/mol. The summed E-state index contributed by atoms with van der Waals surface area (Å²) in [5.74, 6) is -1.70. The summed E-state index contributed by atoms with van der Waals surface area (Å²) in [7, 11) is 0. The van der Waals surface area contributed by atoms with Gasteiger partial charge in [0.2, 0.25) is 5.88 Å². The van der Waals surface area contributed by atoms with Crippen LogP contribution in [0.25, 0.3) is 16.9 Å². The van der Waals surface area contributed by atoms with Gasteiger partial charge in [0.25, 0.3) is 5.56 Å². The Hall–Kier alpha value is -4.05. The molecule has 4 aromatic rings. The number of rotatable bonds is 6. The van der Waals surface area contributed by atoms with E-state index in [9.17, 15) is 23.1 Å². The van der Waals surface area contributed by atoms with E-state index in [2.05, 4.69) is 15.0 Å². The van der Waals surface area contributed by atoms with Crippen molar-refractivity contribution in [1.82, 2.24) is 19.5 Å². The fraction of sp³-hybridized carbons (Fsp3) is 0.286. The zero-order valence-corrected chi connectivity index (χ0v) is 21.9. The second-order valence-electron chi connectivity index (χ2n) is 9.61. The number of aliphatic hydroxyl groups is 1. The van der Waals surface area contributed by atoms with Crippen LogP contribution in [0.5, 0.6) is 5.88 Å². The maximum Gasteiger partial charge on any atom is 0.264 e. The lowest BCUT2D eigenvalue weighted by Crippen LogP contribution is -2.26. The molecule has 38 heavy (non-hydrogen) atoms. The molecule has 0 spiro atoms. The summed E-state index contributed by atoms with van der Waals surface area (Å²) in [6.45, 7) is 9.02. The predicted octanol–water partition coefficient (Wildman–Crippen LogP) is 5.15. The number of nitrogens with zero attached hydrogens (tertiary/aromatic N) is 4. The molecule has 0 aliphatic carbocycles. The highest BCUT2D eigenvalue weighted by Gasteiger charge is 2.23. The highest BCUT2D eigenvalue weighted by molar-refractivity contribution is 5.64. The summed E-state index contributed by atoms with van der Waals surface area (Å²) in [4.78, 5) is 25.9. The molecule has 7 nitrogen and oxygen atoms in total. The number of hydrogen-bond donors (Lipinski definition) is 1. The zero-order chi connectivity index (χ0) is 27.9. The van der Waals surface area contributed by atoms with Gasteiger partial charge >= 0.3 is 0 Å². The summed E-state index contributed by atoms with van der Waals surface area (Å²) in [5.41, 5.74) is -0.0882. The summed E-state index contributed by atoms with van der Waals surface area (Å²) in [6, 6.07) is 7.44. The minimum absolute atomic E-state index is 0.0228. The third-order valence-electron chi connectivity index (χ3n) is 6.21. The highest BCUT2D eigenvalue weighted by Crippen LogP contribution is 2.28. The highest BCUT2D eigenvalue weighted by atomic mass is 19.1. The fourth-order valence-corrected chi connectivity index (χ4v) is 3.95. The minimum atomic E-state index is -1.38. The van der Waals surface area contributed by atoms with Gasteiger partial charge in [-0.15, -0.1) is 0 Å². The normalized spacial score (nSPS) is 11.6. The lowest BCUT2D eigenvalue weighted by molar-refractivity contribution is 0.0686. The third-order valence-corrected chi connectivity index (χ3v) is 6.21. The van der Waals surface area contributed by atoms with Crippen LogP contribution in [0.4, 0.5) is 13.2 Å². The maximum atomic E-state index is 14.7. The van der Waals surface area contributed by atoms with Crippen molar-refractivity contribution in [1.29, 1.82) is 0 Å². The molecule has 2 aromatic carbocycles. The molecule has 4 rings (SSSR count). The van der Waals surface area contributed by atoms with Gasteiger partial charge in [0.05, 0.1) is 17.4 Å². The van der Waals surface area contributed by atoms with Gasteiger partial charge in [0, 0.05) is 16.7 Å². The van der Waals surface area contributed by atoms with Crippen LogP contribution < -0.4 is 10.3 Å². The zero-order valence-electron chi connectivity index (χ0n) is 21.9. The predicted molar refractivity (Wildman–Crippen MR) is 136 cm³/mol. The van der Waals surface area contributed by atoms with Gasteiger partial charge in [-0.25, -0.2) is 23.1 Å². The Kier molecular flexibility index (Phi) is 7.12. The van der Waals surface area contributed by atoms with E-state index in [1.165, 1.54) is 38.3 Å². The van der Waals surface area contributed by atoms with Crippen LogP contribution in [0.15, 0.2) is 41.3 Å². The molecule has 10 heteroatoms. The van der Waals surface area contributed by atoms with E-state index in [0.29, 0.717) is 11.3 Å². The molecular formula is C28H27F3N4O3. The second-order valence-corrected chi connectivity index (χ2v) is 9.61. The topological polar surface area (TPSA) is 90.1 Å². The van der Waals surface area contributed by atoms with Crippen molar-refractivity contribution < 1.29 is 23.0 Å². The van der Waals surface area contributed by atoms with Crippen molar-refractivity contribution in [3.63, 3.8) is 0 Å². The lowest BCUT2D eigenvalue weighted by Gasteiger charge is -2.18. The molecule has 0 amide bonds. The number of aryl methyl sites for hydroxylation is 2. The molecule has 0 aliphatic rings. The average molecular weight is 525 g/mol. The molecule has 0 fully saturated rings. The first-order valence-electron chi connectivity index (χ1n) is 11.8. The van der Waals surface area contributed by atoms with Gasteiger partial charge in [-0.3, -0.25) is 9.36 Å². The largest absolute Gasteiger partial charge is 0.472 e. The van der Waals surface area contributed by atoms with Crippen LogP contribution in [0.2, 0.25) is 0 Å². The molecule has 0 atom stereocenters. The minimum Gasteiger partial charge on any atom is -0.472 e. The van der Waals surface area contributed by atoms with Crippen LogP contribution in [-0.2, 0) is 12.2 Å². The molecule has 0 bridgehead atoms. The Morgan fingerprint density at radius 3 is 2.37 bits per heavy atom. The molecule has 0 radical (unpaired) electrons. The number of hydrogen-bond acceptors (Lipinski definition) is 6. The SMILES string of the molecule is Cc1ccc(-c2nc(C(C)(C)O)ncc2F)cc1-n1c(C)nc(OCc2ccc(F)c(C)c2F)c(C)c1=O. The van der Waals surface area contributed by atoms with Crippen molar-refractivity contribution in [2.45, 2.75) is 53.8 Å². The Morgan fingerprint density at radius 2 is 1.68 bits per heavy atom. The summed E-state index contributed by atoms with van der Waals surface area (Å²) in [5, 5.41) is 10.3. The maximum absolute atomic E-state index is 14.7. The van der Waals surface area contributed by atoms with Gasteiger partial charge in [-0.2, -0.15) is 4.98 Å². The monoisotopic (exact) mass is 524 g/mol. The molecule has 0 aliphatic heterocycles. The standard InChI is InChI=1S/C28H27F3N4O3/c1-14-7-8-18(24-21(30)12-32-27(34-24)28(5,6)37)11-22(14)35-17(4)33-25(16(3)26(35)36)38-13-19-9-10-20(29)15(2)23(19)31/h7-12,37H,13H2,1-6H3. The summed E-state index contributed by atoms with van der Waals surface area (Å²) < 4.78 is 49.7. The quantitative estimate of drug-likeness (QED) is 0.375. The molecule has 0 saturated carbocycles. The van der Waals surface area contributed by atoms with Gasteiger partial charge < -0.3 is 9.84 Å². The Morgan fingerprint density at radius 1 is 0.974 bits per heavy atom. The van der Waals surface area contributed by atoms with Crippen molar-refractivity contribution in [3.8, 4) is 22.8 Å². The second kappa shape index (κ2) is 10.0.